The molecule has 166 valence electrons. The molecule has 0 aromatic heterocycles. The number of benzene rings is 2. The highest BCUT2D eigenvalue weighted by Gasteiger charge is 2.21. The van der Waals surface area contributed by atoms with Crippen LogP contribution in [-0.4, -0.2) is 55.0 Å². The molecule has 31 heavy (non-hydrogen) atoms. The average Bonchev–Trinajstić information content (AvgIpc) is 3.00. The SMILES string of the molecule is CC(=O)N1CCc2ccc(OCCCN3CCC(c4ccccc4C)CC3)cc2CC1. The Morgan fingerprint density at radius 1 is 1.00 bits per heavy atom. The molecule has 4 nitrogen and oxygen atoms in total. The van der Waals surface area contributed by atoms with Crippen molar-refractivity contribution < 1.29 is 9.53 Å². The standard InChI is InChI=1S/C27H36N2O2/c1-21-6-3-4-7-27(21)24-10-15-28(16-11-24)14-5-19-31-26-9-8-23-12-17-29(22(2)30)18-13-25(23)20-26/h3-4,6-9,20,24H,5,10-19H2,1-2H3. The van der Waals surface area contributed by atoms with Crippen LogP contribution in [0.1, 0.15) is 54.4 Å². The van der Waals surface area contributed by atoms with Gasteiger partial charge in [-0.2, -0.15) is 0 Å². The predicted molar refractivity (Wildman–Crippen MR) is 126 cm³/mol. The van der Waals surface area contributed by atoms with Gasteiger partial charge in [0, 0.05) is 26.6 Å². The molecule has 0 spiro atoms. The Morgan fingerprint density at radius 3 is 2.48 bits per heavy atom. The zero-order valence-electron chi connectivity index (χ0n) is 19.1. The largest absolute Gasteiger partial charge is 0.494 e. The van der Waals surface area contributed by atoms with Crippen molar-refractivity contribution >= 4 is 5.91 Å². The molecule has 4 heteroatoms. The van der Waals surface area contributed by atoms with Crippen LogP contribution in [0.5, 0.6) is 5.75 Å². The quantitative estimate of drug-likeness (QED) is 0.641. The Kier molecular flexibility index (Phi) is 7.29. The van der Waals surface area contributed by atoms with E-state index in [9.17, 15) is 4.79 Å². The first-order valence-electron chi connectivity index (χ1n) is 11.9. The molecule has 1 amide bonds. The van der Waals surface area contributed by atoms with Crippen LogP contribution < -0.4 is 4.74 Å². The first-order valence-corrected chi connectivity index (χ1v) is 11.9. The first kappa shape index (κ1) is 21.9. The van der Waals surface area contributed by atoms with Crippen LogP contribution >= 0.6 is 0 Å². The molecular formula is C27H36N2O2. The molecule has 0 saturated carbocycles. The van der Waals surface area contributed by atoms with Crippen molar-refractivity contribution in [3.63, 3.8) is 0 Å². The minimum atomic E-state index is 0.173. The third-order valence-electron chi connectivity index (χ3n) is 7.03. The molecule has 2 aromatic rings. The van der Waals surface area contributed by atoms with E-state index in [1.54, 1.807) is 12.5 Å². The number of rotatable bonds is 6. The van der Waals surface area contributed by atoms with E-state index in [1.165, 1.54) is 42.6 Å². The van der Waals surface area contributed by atoms with Crippen molar-refractivity contribution in [3.8, 4) is 5.75 Å². The molecule has 2 heterocycles. The molecule has 0 bridgehead atoms. The number of hydrogen-bond acceptors (Lipinski definition) is 3. The van der Waals surface area contributed by atoms with Crippen LogP contribution in [0.25, 0.3) is 0 Å². The summed E-state index contributed by atoms with van der Waals surface area (Å²) < 4.78 is 6.08. The number of amides is 1. The van der Waals surface area contributed by atoms with Crippen molar-refractivity contribution in [2.45, 2.75) is 51.9 Å². The lowest BCUT2D eigenvalue weighted by molar-refractivity contribution is -0.128. The molecule has 2 aromatic carbocycles. The van der Waals surface area contributed by atoms with Crippen LogP contribution in [0.15, 0.2) is 42.5 Å². The van der Waals surface area contributed by atoms with Crippen LogP contribution in [0.3, 0.4) is 0 Å². The van der Waals surface area contributed by atoms with Gasteiger partial charge in [-0.1, -0.05) is 30.3 Å². The number of fused-ring (bicyclic) bond motifs is 1. The Balaban J connectivity index is 1.19. The molecule has 0 atom stereocenters. The number of ether oxygens (including phenoxy) is 1. The second-order valence-corrected chi connectivity index (χ2v) is 9.11. The van der Waals surface area contributed by atoms with E-state index in [0.717, 1.165) is 51.3 Å². The topological polar surface area (TPSA) is 32.8 Å². The molecule has 2 aliphatic heterocycles. The third kappa shape index (κ3) is 5.68. The zero-order valence-corrected chi connectivity index (χ0v) is 19.1. The fourth-order valence-corrected chi connectivity index (χ4v) is 5.10. The van der Waals surface area contributed by atoms with Crippen LogP contribution in [0.4, 0.5) is 0 Å². The van der Waals surface area contributed by atoms with Crippen molar-refractivity contribution in [1.82, 2.24) is 9.80 Å². The maximum Gasteiger partial charge on any atom is 0.219 e. The predicted octanol–water partition coefficient (Wildman–Crippen LogP) is 4.59. The second-order valence-electron chi connectivity index (χ2n) is 9.11. The van der Waals surface area contributed by atoms with Crippen LogP contribution in [-0.2, 0) is 17.6 Å². The van der Waals surface area contributed by atoms with Crippen molar-refractivity contribution in [1.29, 1.82) is 0 Å². The number of hydrogen-bond donors (Lipinski definition) is 0. The van der Waals surface area contributed by atoms with E-state index in [4.69, 9.17) is 4.74 Å². The van der Waals surface area contributed by atoms with Crippen molar-refractivity contribution in [2.75, 3.05) is 39.3 Å². The summed E-state index contributed by atoms with van der Waals surface area (Å²) in [5.41, 5.74) is 5.66. The number of carbonyl (C=O) groups excluding carboxylic acids is 1. The fourth-order valence-electron chi connectivity index (χ4n) is 5.10. The summed E-state index contributed by atoms with van der Waals surface area (Å²) in [5, 5.41) is 0. The van der Waals surface area contributed by atoms with E-state index in [0.29, 0.717) is 5.92 Å². The summed E-state index contributed by atoms with van der Waals surface area (Å²) in [5.74, 6) is 1.85. The highest BCUT2D eigenvalue weighted by atomic mass is 16.5. The minimum absolute atomic E-state index is 0.173. The van der Waals surface area contributed by atoms with Gasteiger partial charge >= 0.3 is 0 Å². The first-order chi connectivity index (χ1) is 15.1. The molecular weight excluding hydrogens is 384 g/mol. The smallest absolute Gasteiger partial charge is 0.219 e. The van der Waals surface area contributed by atoms with Crippen molar-refractivity contribution in [2.24, 2.45) is 0 Å². The van der Waals surface area contributed by atoms with Gasteiger partial charge in [-0.25, -0.2) is 0 Å². The van der Waals surface area contributed by atoms with Gasteiger partial charge in [0.15, 0.2) is 0 Å². The molecule has 1 saturated heterocycles. The summed E-state index contributed by atoms with van der Waals surface area (Å²) in [6, 6.07) is 15.3. The van der Waals surface area contributed by atoms with E-state index in [2.05, 4.69) is 54.3 Å². The van der Waals surface area contributed by atoms with Gasteiger partial charge in [0.2, 0.25) is 5.91 Å². The van der Waals surface area contributed by atoms with Gasteiger partial charge < -0.3 is 14.5 Å². The highest BCUT2D eigenvalue weighted by Crippen LogP contribution is 2.30. The van der Waals surface area contributed by atoms with Gasteiger partial charge in [0.05, 0.1) is 6.61 Å². The van der Waals surface area contributed by atoms with Gasteiger partial charge in [-0.15, -0.1) is 0 Å². The second kappa shape index (κ2) is 10.3. The monoisotopic (exact) mass is 420 g/mol. The Bertz CT molecular complexity index is 887. The van der Waals surface area contributed by atoms with Gasteiger partial charge in [-0.05, 0) is 92.4 Å². The van der Waals surface area contributed by atoms with Crippen molar-refractivity contribution in [3.05, 3.63) is 64.7 Å². The molecule has 0 N–H and O–H groups in total. The number of nitrogens with zero attached hydrogens (tertiary/aromatic N) is 2. The Hall–Kier alpha value is -2.33. The van der Waals surface area contributed by atoms with Gasteiger partial charge in [-0.3, -0.25) is 4.79 Å². The molecule has 2 aliphatic rings. The maximum atomic E-state index is 11.7. The fraction of sp³-hybridized carbons (Fsp3) is 0.519. The average molecular weight is 421 g/mol. The van der Waals surface area contributed by atoms with Gasteiger partial charge in [0.1, 0.15) is 5.75 Å². The molecule has 0 radical (unpaired) electrons. The lowest BCUT2D eigenvalue weighted by Crippen LogP contribution is -2.34. The van der Waals surface area contributed by atoms with Crippen LogP contribution in [0, 0.1) is 6.92 Å². The normalized spacial score (nSPS) is 17.8. The lowest BCUT2D eigenvalue weighted by atomic mass is 9.87. The molecule has 1 fully saturated rings. The lowest BCUT2D eigenvalue weighted by Gasteiger charge is -2.32. The van der Waals surface area contributed by atoms with Gasteiger partial charge in [0.25, 0.3) is 0 Å². The number of aryl methyl sites for hydroxylation is 1. The summed E-state index contributed by atoms with van der Waals surface area (Å²) in [4.78, 5) is 16.2. The van der Waals surface area contributed by atoms with Crippen LogP contribution in [0.2, 0.25) is 0 Å². The van der Waals surface area contributed by atoms with E-state index < -0.39 is 0 Å². The van der Waals surface area contributed by atoms with E-state index >= 15 is 0 Å². The summed E-state index contributed by atoms with van der Waals surface area (Å²) in [7, 11) is 0. The Morgan fingerprint density at radius 2 is 1.74 bits per heavy atom. The van der Waals surface area contributed by atoms with E-state index in [-0.39, 0.29) is 5.91 Å². The number of carbonyl (C=O) groups is 1. The molecule has 4 rings (SSSR count). The maximum absolute atomic E-state index is 11.7. The summed E-state index contributed by atoms with van der Waals surface area (Å²) in [6.07, 6.45) is 5.43. The number of piperidine rings is 1. The molecule has 0 unspecified atom stereocenters. The number of likely N-dealkylation sites (tertiary alicyclic amines) is 1. The highest BCUT2D eigenvalue weighted by molar-refractivity contribution is 5.73. The zero-order chi connectivity index (χ0) is 21.6. The summed E-state index contributed by atoms with van der Waals surface area (Å²) in [6.45, 7) is 9.77. The Labute approximate surface area is 187 Å². The minimum Gasteiger partial charge on any atom is -0.494 e. The molecule has 0 aliphatic carbocycles. The summed E-state index contributed by atoms with van der Waals surface area (Å²) >= 11 is 0. The van der Waals surface area contributed by atoms with E-state index in [1.807, 2.05) is 4.90 Å². The third-order valence-corrected chi connectivity index (χ3v) is 7.03.